The molecule has 1 unspecified atom stereocenters. The second-order valence-electron chi connectivity index (χ2n) is 5.42. The van der Waals surface area contributed by atoms with Gasteiger partial charge in [-0.3, -0.25) is 4.79 Å². The number of hydrogen-bond acceptors (Lipinski definition) is 1. The molecule has 21 heavy (non-hydrogen) atoms. The Balaban J connectivity index is 1.94. The largest absolute Gasteiger partial charge is 0.328 e. The molecule has 1 aliphatic heterocycles. The molecule has 0 N–H and O–H groups in total. The summed E-state index contributed by atoms with van der Waals surface area (Å²) in [4.78, 5) is 14.6. The van der Waals surface area contributed by atoms with Crippen molar-refractivity contribution in [3.63, 3.8) is 0 Å². The standard InChI is InChI=1S/C17H15BrClNO/c1-10-7-14(18)8-13-9-20(17(21)16(10)13)11(2)12-3-5-15(19)6-4-12/h3-8,11H,9H2,1-2H3. The van der Waals surface area contributed by atoms with Gasteiger partial charge in [-0.05, 0) is 54.8 Å². The van der Waals surface area contributed by atoms with E-state index in [1.54, 1.807) is 0 Å². The van der Waals surface area contributed by atoms with Gasteiger partial charge < -0.3 is 4.90 Å². The van der Waals surface area contributed by atoms with E-state index in [-0.39, 0.29) is 11.9 Å². The van der Waals surface area contributed by atoms with Crippen molar-refractivity contribution in [2.45, 2.75) is 26.4 Å². The molecule has 0 bridgehead atoms. The van der Waals surface area contributed by atoms with Crippen molar-refractivity contribution in [3.05, 3.63) is 68.1 Å². The molecule has 0 aliphatic carbocycles. The van der Waals surface area contributed by atoms with Gasteiger partial charge in [0.15, 0.2) is 0 Å². The molecule has 2 nitrogen and oxygen atoms in total. The van der Waals surface area contributed by atoms with Crippen LogP contribution in [0.2, 0.25) is 5.02 Å². The van der Waals surface area contributed by atoms with Gasteiger partial charge in [0.05, 0.1) is 6.04 Å². The summed E-state index contributed by atoms with van der Waals surface area (Å²) >= 11 is 9.43. The number of nitrogens with zero attached hydrogens (tertiary/aromatic N) is 1. The third kappa shape index (κ3) is 2.60. The van der Waals surface area contributed by atoms with Crippen LogP contribution >= 0.6 is 27.5 Å². The fourth-order valence-corrected chi connectivity index (χ4v) is 3.62. The molecule has 1 aliphatic rings. The molecule has 0 saturated carbocycles. The highest BCUT2D eigenvalue weighted by Crippen LogP contribution is 2.34. The smallest absolute Gasteiger partial charge is 0.255 e. The van der Waals surface area contributed by atoms with Gasteiger partial charge in [-0.2, -0.15) is 0 Å². The molecule has 0 spiro atoms. The number of aryl methyl sites for hydroxylation is 1. The van der Waals surface area contributed by atoms with E-state index in [2.05, 4.69) is 22.9 Å². The monoisotopic (exact) mass is 363 g/mol. The molecule has 3 rings (SSSR count). The number of rotatable bonds is 2. The molecule has 108 valence electrons. The number of hydrogen-bond donors (Lipinski definition) is 0. The second kappa shape index (κ2) is 5.47. The van der Waals surface area contributed by atoms with Crippen LogP contribution in [0, 0.1) is 6.92 Å². The first-order valence-corrected chi connectivity index (χ1v) is 8.00. The Kier molecular flexibility index (Phi) is 3.80. The van der Waals surface area contributed by atoms with Crippen LogP contribution < -0.4 is 0 Å². The zero-order chi connectivity index (χ0) is 15.1. The highest BCUT2D eigenvalue weighted by molar-refractivity contribution is 9.10. The Labute approximate surface area is 137 Å². The van der Waals surface area contributed by atoms with Crippen molar-refractivity contribution in [2.24, 2.45) is 0 Å². The Morgan fingerprint density at radius 3 is 2.57 bits per heavy atom. The summed E-state index contributed by atoms with van der Waals surface area (Å²) in [5, 5.41) is 0.710. The van der Waals surface area contributed by atoms with Crippen LogP contribution in [0.5, 0.6) is 0 Å². The van der Waals surface area contributed by atoms with E-state index in [1.807, 2.05) is 48.2 Å². The van der Waals surface area contributed by atoms with E-state index >= 15 is 0 Å². The Bertz CT molecular complexity index is 711. The first-order valence-electron chi connectivity index (χ1n) is 6.83. The summed E-state index contributed by atoms with van der Waals surface area (Å²) in [6, 6.07) is 11.7. The molecule has 0 fully saturated rings. The summed E-state index contributed by atoms with van der Waals surface area (Å²) in [6.07, 6.45) is 0. The molecule has 0 radical (unpaired) electrons. The fourth-order valence-electron chi connectivity index (χ4n) is 2.88. The van der Waals surface area contributed by atoms with Crippen molar-refractivity contribution in [3.8, 4) is 0 Å². The topological polar surface area (TPSA) is 20.3 Å². The lowest BCUT2D eigenvalue weighted by Gasteiger charge is -2.24. The fraction of sp³-hybridized carbons (Fsp3) is 0.235. The van der Waals surface area contributed by atoms with Gasteiger partial charge >= 0.3 is 0 Å². The minimum Gasteiger partial charge on any atom is -0.328 e. The van der Waals surface area contributed by atoms with E-state index in [4.69, 9.17) is 11.6 Å². The molecular weight excluding hydrogens is 350 g/mol. The van der Waals surface area contributed by atoms with Crippen LogP contribution in [0.4, 0.5) is 0 Å². The minimum atomic E-state index is 0.0281. The normalized spacial score (nSPS) is 15.2. The van der Waals surface area contributed by atoms with Crippen molar-refractivity contribution >= 4 is 33.4 Å². The average molecular weight is 365 g/mol. The Hall–Kier alpha value is -1.32. The molecule has 2 aromatic rings. The number of fused-ring (bicyclic) bond motifs is 1. The van der Waals surface area contributed by atoms with Crippen molar-refractivity contribution in [2.75, 3.05) is 0 Å². The second-order valence-corrected chi connectivity index (χ2v) is 6.77. The Morgan fingerprint density at radius 1 is 1.24 bits per heavy atom. The maximum atomic E-state index is 12.7. The van der Waals surface area contributed by atoms with Crippen LogP contribution in [-0.2, 0) is 6.54 Å². The van der Waals surface area contributed by atoms with Crippen molar-refractivity contribution < 1.29 is 4.79 Å². The number of halogens is 2. The van der Waals surface area contributed by atoms with Crippen LogP contribution in [0.25, 0.3) is 0 Å². The van der Waals surface area contributed by atoms with E-state index in [1.165, 1.54) is 0 Å². The van der Waals surface area contributed by atoms with Crippen molar-refractivity contribution in [1.29, 1.82) is 0 Å². The molecule has 1 atom stereocenters. The van der Waals surface area contributed by atoms with Crippen LogP contribution in [0.15, 0.2) is 40.9 Å². The van der Waals surface area contributed by atoms with E-state index in [0.29, 0.717) is 11.6 Å². The summed E-state index contributed by atoms with van der Waals surface area (Å²) in [5.74, 6) is 0.109. The Morgan fingerprint density at radius 2 is 1.90 bits per heavy atom. The van der Waals surface area contributed by atoms with Crippen LogP contribution in [0.3, 0.4) is 0 Å². The molecular formula is C17H15BrClNO. The van der Waals surface area contributed by atoms with E-state index in [0.717, 1.165) is 26.7 Å². The molecule has 2 aromatic carbocycles. The quantitative estimate of drug-likeness (QED) is 0.723. The lowest BCUT2D eigenvalue weighted by atomic mass is 10.0. The number of benzene rings is 2. The highest BCUT2D eigenvalue weighted by Gasteiger charge is 2.32. The lowest BCUT2D eigenvalue weighted by molar-refractivity contribution is 0.0715. The lowest BCUT2D eigenvalue weighted by Crippen LogP contribution is -2.27. The summed E-state index contributed by atoms with van der Waals surface area (Å²) in [6.45, 7) is 4.69. The van der Waals surface area contributed by atoms with E-state index in [9.17, 15) is 4.79 Å². The average Bonchev–Trinajstić information content (AvgIpc) is 2.76. The third-order valence-electron chi connectivity index (χ3n) is 4.02. The predicted molar refractivity (Wildman–Crippen MR) is 88.6 cm³/mol. The molecule has 1 amide bonds. The first-order chi connectivity index (χ1) is 9.97. The van der Waals surface area contributed by atoms with E-state index < -0.39 is 0 Å². The first kappa shape index (κ1) is 14.6. The predicted octanol–water partition coefficient (Wildman–Crippen LogP) is 5.13. The van der Waals surface area contributed by atoms with Crippen molar-refractivity contribution in [1.82, 2.24) is 4.90 Å². The zero-order valence-electron chi connectivity index (χ0n) is 11.9. The van der Waals surface area contributed by atoms with Crippen LogP contribution in [0.1, 0.15) is 40.0 Å². The molecule has 0 saturated heterocycles. The van der Waals surface area contributed by atoms with Gasteiger partial charge in [0, 0.05) is 21.6 Å². The van der Waals surface area contributed by atoms with Gasteiger partial charge in [-0.25, -0.2) is 0 Å². The molecule has 1 heterocycles. The van der Waals surface area contributed by atoms with Gasteiger partial charge in [0.2, 0.25) is 0 Å². The van der Waals surface area contributed by atoms with Crippen LogP contribution in [-0.4, -0.2) is 10.8 Å². The van der Waals surface area contributed by atoms with Gasteiger partial charge in [-0.1, -0.05) is 39.7 Å². The number of carbonyl (C=O) groups excluding carboxylic acids is 1. The summed E-state index contributed by atoms with van der Waals surface area (Å²) in [7, 11) is 0. The highest BCUT2D eigenvalue weighted by atomic mass is 79.9. The molecule has 4 heteroatoms. The number of carbonyl (C=O) groups is 1. The summed E-state index contributed by atoms with van der Waals surface area (Å²) in [5.41, 5.74) is 4.05. The minimum absolute atomic E-state index is 0.0281. The maximum absolute atomic E-state index is 12.7. The SMILES string of the molecule is Cc1cc(Br)cc2c1C(=O)N(C(C)c1ccc(Cl)cc1)C2. The maximum Gasteiger partial charge on any atom is 0.255 e. The van der Waals surface area contributed by atoms with Gasteiger partial charge in [0.1, 0.15) is 0 Å². The third-order valence-corrected chi connectivity index (χ3v) is 4.73. The number of amides is 1. The summed E-state index contributed by atoms with van der Waals surface area (Å²) < 4.78 is 1.02. The van der Waals surface area contributed by atoms with Gasteiger partial charge in [0.25, 0.3) is 5.91 Å². The molecule has 0 aromatic heterocycles. The zero-order valence-corrected chi connectivity index (χ0v) is 14.2. The van der Waals surface area contributed by atoms with Gasteiger partial charge in [-0.15, -0.1) is 0 Å².